The van der Waals surface area contributed by atoms with Crippen LogP contribution in [0.3, 0.4) is 0 Å². The van der Waals surface area contributed by atoms with Crippen LogP contribution in [0.2, 0.25) is 0 Å². The number of para-hydroxylation sites is 1. The summed E-state index contributed by atoms with van der Waals surface area (Å²) in [5.41, 5.74) is 2.67. The van der Waals surface area contributed by atoms with Crippen LogP contribution in [0.15, 0.2) is 48.5 Å². The quantitative estimate of drug-likeness (QED) is 0.543. The zero-order chi connectivity index (χ0) is 17.8. The Morgan fingerprint density at radius 2 is 1.84 bits per heavy atom. The molecule has 0 fully saturated rings. The standard InChI is InChI=1S/C20H20N2O3/c1-3-13(2)14-8-10-15(11-9-14)18(23)12-25-20(24)19-16-6-4-5-7-17(16)21-22-19/h4-11,13H,3,12H2,1-2H3,(H,21,22)/t13-/m0/s1. The molecule has 0 radical (unpaired) electrons. The van der Waals surface area contributed by atoms with E-state index in [9.17, 15) is 9.59 Å². The maximum Gasteiger partial charge on any atom is 0.359 e. The van der Waals surface area contributed by atoms with E-state index in [-0.39, 0.29) is 18.1 Å². The van der Waals surface area contributed by atoms with Gasteiger partial charge in [0, 0.05) is 10.9 Å². The number of H-pyrrole nitrogens is 1. The van der Waals surface area contributed by atoms with E-state index in [4.69, 9.17) is 4.74 Å². The van der Waals surface area contributed by atoms with Gasteiger partial charge >= 0.3 is 5.97 Å². The SMILES string of the molecule is CC[C@H](C)c1ccc(C(=O)COC(=O)c2n[nH]c3ccccc23)cc1. The normalized spacial score (nSPS) is 12.1. The Kier molecular flexibility index (Phi) is 4.93. The lowest BCUT2D eigenvalue weighted by Gasteiger charge is -2.09. The second kappa shape index (κ2) is 7.30. The first kappa shape index (κ1) is 16.9. The summed E-state index contributed by atoms with van der Waals surface area (Å²) < 4.78 is 5.14. The summed E-state index contributed by atoms with van der Waals surface area (Å²) in [5.74, 6) is -0.388. The summed E-state index contributed by atoms with van der Waals surface area (Å²) in [7, 11) is 0. The number of ketones is 1. The lowest BCUT2D eigenvalue weighted by Crippen LogP contribution is -2.15. The lowest BCUT2D eigenvalue weighted by molar-refractivity contribution is 0.0471. The molecule has 1 aromatic heterocycles. The summed E-state index contributed by atoms with van der Waals surface area (Å²) in [5, 5.41) is 7.43. The van der Waals surface area contributed by atoms with Gasteiger partial charge in [0.2, 0.25) is 0 Å². The van der Waals surface area contributed by atoms with E-state index in [1.54, 1.807) is 18.2 Å². The van der Waals surface area contributed by atoms with Crippen molar-refractivity contribution in [2.24, 2.45) is 0 Å². The second-order valence-electron chi connectivity index (χ2n) is 6.05. The molecule has 1 atom stereocenters. The number of benzene rings is 2. The van der Waals surface area contributed by atoms with Gasteiger partial charge in [-0.15, -0.1) is 0 Å². The van der Waals surface area contributed by atoms with Crippen molar-refractivity contribution in [1.82, 2.24) is 10.2 Å². The van der Waals surface area contributed by atoms with Gasteiger partial charge in [0.05, 0.1) is 5.52 Å². The molecule has 1 N–H and O–H groups in total. The van der Waals surface area contributed by atoms with Gasteiger partial charge in [0.1, 0.15) is 0 Å². The van der Waals surface area contributed by atoms with E-state index >= 15 is 0 Å². The Morgan fingerprint density at radius 1 is 1.12 bits per heavy atom. The van der Waals surface area contributed by atoms with Gasteiger partial charge in [-0.25, -0.2) is 4.79 Å². The van der Waals surface area contributed by atoms with Crippen LogP contribution in [0.25, 0.3) is 10.9 Å². The Labute approximate surface area is 146 Å². The third-order valence-electron chi connectivity index (χ3n) is 4.41. The van der Waals surface area contributed by atoms with Gasteiger partial charge in [-0.05, 0) is 24.0 Å². The van der Waals surface area contributed by atoms with Crippen molar-refractivity contribution in [3.05, 3.63) is 65.4 Å². The van der Waals surface area contributed by atoms with Crippen LogP contribution < -0.4 is 0 Å². The molecule has 0 saturated carbocycles. The van der Waals surface area contributed by atoms with Gasteiger partial charge in [0.15, 0.2) is 18.1 Å². The second-order valence-corrected chi connectivity index (χ2v) is 6.05. The predicted octanol–water partition coefficient (Wildman–Crippen LogP) is 4.12. The molecule has 0 aliphatic rings. The molecule has 3 aromatic rings. The number of rotatable bonds is 6. The highest BCUT2D eigenvalue weighted by Crippen LogP contribution is 2.19. The molecule has 3 rings (SSSR count). The van der Waals surface area contributed by atoms with Crippen molar-refractivity contribution in [2.75, 3.05) is 6.61 Å². The summed E-state index contributed by atoms with van der Waals surface area (Å²) in [6, 6.07) is 14.7. The molecule has 0 spiro atoms. The maximum absolute atomic E-state index is 12.2. The first-order valence-corrected chi connectivity index (χ1v) is 8.33. The maximum atomic E-state index is 12.2. The Balaban J connectivity index is 1.64. The number of hydrogen-bond acceptors (Lipinski definition) is 4. The van der Waals surface area contributed by atoms with E-state index in [2.05, 4.69) is 24.0 Å². The number of aromatic amines is 1. The molecule has 0 amide bonds. The van der Waals surface area contributed by atoms with E-state index in [0.29, 0.717) is 16.9 Å². The third-order valence-corrected chi connectivity index (χ3v) is 4.41. The molecule has 5 heteroatoms. The predicted molar refractivity (Wildman–Crippen MR) is 95.9 cm³/mol. The largest absolute Gasteiger partial charge is 0.452 e. The molecule has 0 bridgehead atoms. The number of hydrogen-bond donors (Lipinski definition) is 1. The molecule has 0 aliphatic heterocycles. The number of fused-ring (bicyclic) bond motifs is 1. The number of nitrogens with zero attached hydrogens (tertiary/aromatic N) is 1. The lowest BCUT2D eigenvalue weighted by atomic mass is 9.97. The van der Waals surface area contributed by atoms with E-state index in [0.717, 1.165) is 11.9 Å². The van der Waals surface area contributed by atoms with Crippen molar-refractivity contribution in [3.8, 4) is 0 Å². The van der Waals surface area contributed by atoms with Crippen LogP contribution in [-0.2, 0) is 4.74 Å². The number of aromatic nitrogens is 2. The van der Waals surface area contributed by atoms with E-state index in [1.807, 2.05) is 30.3 Å². The summed E-state index contributed by atoms with van der Waals surface area (Å²) in [6.45, 7) is 3.97. The van der Waals surface area contributed by atoms with Crippen LogP contribution in [-0.4, -0.2) is 28.6 Å². The minimum atomic E-state index is -0.609. The van der Waals surface area contributed by atoms with Crippen LogP contribution >= 0.6 is 0 Å². The fourth-order valence-corrected chi connectivity index (χ4v) is 2.64. The summed E-state index contributed by atoms with van der Waals surface area (Å²) >= 11 is 0. The monoisotopic (exact) mass is 336 g/mol. The topological polar surface area (TPSA) is 72.1 Å². The molecule has 2 aromatic carbocycles. The molecule has 25 heavy (non-hydrogen) atoms. The van der Waals surface area contributed by atoms with E-state index in [1.165, 1.54) is 5.56 Å². The highest BCUT2D eigenvalue weighted by atomic mass is 16.5. The number of nitrogens with one attached hydrogen (secondary N) is 1. The highest BCUT2D eigenvalue weighted by molar-refractivity contribution is 6.03. The number of esters is 1. The van der Waals surface area contributed by atoms with Crippen LogP contribution in [0.4, 0.5) is 0 Å². The minimum Gasteiger partial charge on any atom is -0.452 e. The number of carbonyl (C=O) groups is 2. The molecule has 128 valence electrons. The van der Waals surface area contributed by atoms with Crippen molar-refractivity contribution in [1.29, 1.82) is 0 Å². The fourth-order valence-electron chi connectivity index (χ4n) is 2.64. The molecule has 5 nitrogen and oxygen atoms in total. The third kappa shape index (κ3) is 3.60. The van der Waals surface area contributed by atoms with Crippen molar-refractivity contribution < 1.29 is 14.3 Å². The molecule has 1 heterocycles. The van der Waals surface area contributed by atoms with Crippen molar-refractivity contribution in [3.63, 3.8) is 0 Å². The zero-order valence-electron chi connectivity index (χ0n) is 14.3. The van der Waals surface area contributed by atoms with Gasteiger partial charge in [0.25, 0.3) is 0 Å². The van der Waals surface area contributed by atoms with E-state index < -0.39 is 5.97 Å². The first-order valence-electron chi connectivity index (χ1n) is 8.33. The van der Waals surface area contributed by atoms with Crippen molar-refractivity contribution >= 4 is 22.7 Å². The Hall–Kier alpha value is -2.95. The van der Waals surface area contributed by atoms with Crippen LogP contribution in [0.1, 0.15) is 52.6 Å². The summed E-state index contributed by atoms with van der Waals surface area (Å²) in [4.78, 5) is 24.4. The average Bonchev–Trinajstić information content (AvgIpc) is 3.09. The molecule has 0 aliphatic carbocycles. The number of carbonyl (C=O) groups excluding carboxylic acids is 2. The molecular formula is C20H20N2O3. The van der Waals surface area contributed by atoms with Crippen molar-refractivity contribution in [2.45, 2.75) is 26.2 Å². The Morgan fingerprint density at radius 3 is 2.56 bits per heavy atom. The smallest absolute Gasteiger partial charge is 0.359 e. The van der Waals surface area contributed by atoms with Crippen LogP contribution in [0, 0.1) is 0 Å². The average molecular weight is 336 g/mol. The first-order chi connectivity index (χ1) is 12.1. The van der Waals surface area contributed by atoms with Gasteiger partial charge < -0.3 is 4.74 Å². The van der Waals surface area contributed by atoms with Gasteiger partial charge in [-0.1, -0.05) is 56.3 Å². The Bertz CT molecular complexity index is 897. The minimum absolute atomic E-state index is 0.190. The van der Waals surface area contributed by atoms with Gasteiger partial charge in [-0.3, -0.25) is 9.89 Å². The highest BCUT2D eigenvalue weighted by Gasteiger charge is 2.17. The molecule has 0 saturated heterocycles. The van der Waals surface area contributed by atoms with Gasteiger partial charge in [-0.2, -0.15) is 5.10 Å². The molecular weight excluding hydrogens is 316 g/mol. The summed E-state index contributed by atoms with van der Waals surface area (Å²) in [6.07, 6.45) is 1.04. The van der Waals surface area contributed by atoms with Crippen LogP contribution in [0.5, 0.6) is 0 Å². The number of Topliss-reactive ketones (excluding diaryl/α,β-unsaturated/α-hetero) is 1. The molecule has 0 unspecified atom stereocenters. The number of ether oxygens (including phenoxy) is 1. The fraction of sp³-hybridized carbons (Fsp3) is 0.250. The zero-order valence-corrected chi connectivity index (χ0v) is 14.3.